The largest absolute Gasteiger partial charge is 0.378 e. The predicted molar refractivity (Wildman–Crippen MR) is 60.7 cm³/mol. The van der Waals surface area contributed by atoms with Gasteiger partial charge in [-0.1, -0.05) is 5.16 Å². The number of hydrogen-bond donors (Lipinski definition) is 1. The molecular formula is C11H19N3O3. The third-order valence-corrected chi connectivity index (χ3v) is 2.85. The lowest BCUT2D eigenvalue weighted by molar-refractivity contribution is 0.0170. The molecule has 1 aliphatic rings. The Kier molecular flexibility index (Phi) is 3.76. The first-order chi connectivity index (χ1) is 8.11. The molecule has 0 spiro atoms. The Morgan fingerprint density at radius 1 is 1.53 bits per heavy atom. The molecule has 1 fully saturated rings. The van der Waals surface area contributed by atoms with Crippen molar-refractivity contribution in [2.75, 3.05) is 26.9 Å². The fraction of sp³-hybridized carbons (Fsp3) is 0.818. The quantitative estimate of drug-likeness (QED) is 0.836. The topological polar surface area (TPSA) is 69.4 Å². The Morgan fingerprint density at radius 2 is 2.35 bits per heavy atom. The molecule has 1 atom stereocenters. The average molecular weight is 241 g/mol. The molecule has 0 bridgehead atoms. The molecule has 1 aromatic rings. The molecule has 1 N–H and O–H groups in total. The summed E-state index contributed by atoms with van der Waals surface area (Å²) in [5.74, 6) is 1.26. The van der Waals surface area contributed by atoms with Crippen molar-refractivity contribution < 1.29 is 14.0 Å². The van der Waals surface area contributed by atoms with Crippen molar-refractivity contribution in [1.82, 2.24) is 15.5 Å². The monoisotopic (exact) mass is 241 g/mol. The SMILES string of the molecule is COC(C)(C)Cc1nc(C2COCCN2)no1. The summed E-state index contributed by atoms with van der Waals surface area (Å²) in [7, 11) is 1.67. The Balaban J connectivity index is 2.00. The molecule has 0 aromatic carbocycles. The zero-order chi connectivity index (χ0) is 12.3. The third-order valence-electron chi connectivity index (χ3n) is 2.85. The lowest BCUT2D eigenvalue weighted by atomic mass is 10.1. The second-order valence-corrected chi connectivity index (χ2v) is 4.77. The van der Waals surface area contributed by atoms with Gasteiger partial charge in [0.25, 0.3) is 0 Å². The van der Waals surface area contributed by atoms with Crippen LogP contribution < -0.4 is 5.32 Å². The van der Waals surface area contributed by atoms with Gasteiger partial charge in [-0.3, -0.25) is 0 Å². The number of nitrogens with one attached hydrogen (secondary N) is 1. The summed E-state index contributed by atoms with van der Waals surface area (Å²) in [6, 6.07) is 0.0342. The van der Waals surface area contributed by atoms with E-state index in [2.05, 4.69) is 15.5 Å². The van der Waals surface area contributed by atoms with Crippen LogP contribution in [0.25, 0.3) is 0 Å². The van der Waals surface area contributed by atoms with E-state index in [9.17, 15) is 0 Å². The molecule has 2 rings (SSSR count). The van der Waals surface area contributed by atoms with Crippen LogP contribution in [0, 0.1) is 0 Å². The second-order valence-electron chi connectivity index (χ2n) is 4.77. The number of ether oxygens (including phenoxy) is 2. The highest BCUT2D eigenvalue weighted by atomic mass is 16.5. The fourth-order valence-corrected chi connectivity index (χ4v) is 1.65. The van der Waals surface area contributed by atoms with Gasteiger partial charge in [-0.05, 0) is 13.8 Å². The van der Waals surface area contributed by atoms with Crippen molar-refractivity contribution in [3.05, 3.63) is 11.7 Å². The summed E-state index contributed by atoms with van der Waals surface area (Å²) in [6.45, 7) is 6.11. The van der Waals surface area contributed by atoms with Gasteiger partial charge in [0.2, 0.25) is 5.89 Å². The summed E-state index contributed by atoms with van der Waals surface area (Å²) >= 11 is 0. The summed E-state index contributed by atoms with van der Waals surface area (Å²) in [5, 5.41) is 7.26. The van der Waals surface area contributed by atoms with E-state index in [1.807, 2.05) is 13.8 Å². The van der Waals surface area contributed by atoms with E-state index in [0.29, 0.717) is 24.7 Å². The van der Waals surface area contributed by atoms with Gasteiger partial charge in [-0.15, -0.1) is 0 Å². The number of methoxy groups -OCH3 is 1. The standard InChI is InChI=1S/C11H19N3O3/c1-11(2,15-3)6-9-13-10(14-17-9)8-7-16-5-4-12-8/h8,12H,4-7H2,1-3H3. The molecule has 0 saturated carbocycles. The van der Waals surface area contributed by atoms with Gasteiger partial charge < -0.3 is 19.3 Å². The van der Waals surface area contributed by atoms with Crippen LogP contribution in [0.5, 0.6) is 0 Å². The molecule has 0 aliphatic carbocycles. The molecule has 17 heavy (non-hydrogen) atoms. The minimum atomic E-state index is -0.291. The van der Waals surface area contributed by atoms with Crippen molar-refractivity contribution in [2.45, 2.75) is 31.9 Å². The fourth-order valence-electron chi connectivity index (χ4n) is 1.65. The molecular weight excluding hydrogens is 222 g/mol. The minimum absolute atomic E-state index is 0.0342. The number of morpholine rings is 1. The van der Waals surface area contributed by atoms with Crippen LogP contribution in [-0.4, -0.2) is 42.6 Å². The summed E-state index contributed by atoms with van der Waals surface area (Å²) in [6.07, 6.45) is 0.601. The summed E-state index contributed by atoms with van der Waals surface area (Å²) < 4.78 is 15.9. The summed E-state index contributed by atoms with van der Waals surface area (Å²) in [5.41, 5.74) is -0.291. The molecule has 6 heteroatoms. The maximum Gasteiger partial charge on any atom is 0.229 e. The van der Waals surface area contributed by atoms with Gasteiger partial charge in [-0.2, -0.15) is 4.98 Å². The molecule has 96 valence electrons. The molecule has 2 heterocycles. The van der Waals surface area contributed by atoms with Crippen LogP contribution in [0.1, 0.15) is 31.6 Å². The third kappa shape index (κ3) is 3.24. The van der Waals surface area contributed by atoms with Crippen LogP contribution >= 0.6 is 0 Å². The van der Waals surface area contributed by atoms with Gasteiger partial charge in [0.05, 0.1) is 31.3 Å². The van der Waals surface area contributed by atoms with Gasteiger partial charge >= 0.3 is 0 Å². The van der Waals surface area contributed by atoms with Gasteiger partial charge in [0.1, 0.15) is 0 Å². The van der Waals surface area contributed by atoms with E-state index in [0.717, 1.165) is 13.2 Å². The van der Waals surface area contributed by atoms with Crippen LogP contribution in [0.3, 0.4) is 0 Å². The Bertz CT molecular complexity index is 359. The van der Waals surface area contributed by atoms with E-state index >= 15 is 0 Å². The van der Waals surface area contributed by atoms with Crippen LogP contribution in [0.15, 0.2) is 4.52 Å². The van der Waals surface area contributed by atoms with E-state index in [-0.39, 0.29) is 11.6 Å². The van der Waals surface area contributed by atoms with Gasteiger partial charge in [0.15, 0.2) is 5.82 Å². The summed E-state index contributed by atoms with van der Waals surface area (Å²) in [4.78, 5) is 4.37. The smallest absolute Gasteiger partial charge is 0.229 e. The van der Waals surface area contributed by atoms with E-state index in [4.69, 9.17) is 14.0 Å². The van der Waals surface area contributed by atoms with E-state index < -0.39 is 0 Å². The van der Waals surface area contributed by atoms with Gasteiger partial charge in [-0.25, -0.2) is 0 Å². The lowest BCUT2D eigenvalue weighted by Gasteiger charge is -2.21. The van der Waals surface area contributed by atoms with Gasteiger partial charge in [0, 0.05) is 13.7 Å². The zero-order valence-electron chi connectivity index (χ0n) is 10.5. The van der Waals surface area contributed by atoms with Crippen molar-refractivity contribution in [1.29, 1.82) is 0 Å². The molecule has 1 unspecified atom stereocenters. The van der Waals surface area contributed by atoms with Crippen molar-refractivity contribution >= 4 is 0 Å². The maximum absolute atomic E-state index is 5.36. The average Bonchev–Trinajstić information content (AvgIpc) is 2.78. The molecule has 1 aromatic heterocycles. The highest BCUT2D eigenvalue weighted by Gasteiger charge is 2.24. The molecule has 0 radical (unpaired) electrons. The highest BCUT2D eigenvalue weighted by molar-refractivity contribution is 4.97. The zero-order valence-corrected chi connectivity index (χ0v) is 10.5. The molecule has 6 nitrogen and oxygen atoms in total. The van der Waals surface area contributed by atoms with Crippen LogP contribution in [0.4, 0.5) is 0 Å². The molecule has 0 amide bonds. The van der Waals surface area contributed by atoms with E-state index in [1.165, 1.54) is 0 Å². The first kappa shape index (κ1) is 12.5. The Hall–Kier alpha value is -0.980. The molecule has 1 aliphatic heterocycles. The number of aromatic nitrogens is 2. The first-order valence-electron chi connectivity index (χ1n) is 5.79. The maximum atomic E-state index is 5.36. The van der Waals surface area contributed by atoms with Crippen LogP contribution in [-0.2, 0) is 15.9 Å². The van der Waals surface area contributed by atoms with Crippen molar-refractivity contribution in [2.24, 2.45) is 0 Å². The minimum Gasteiger partial charge on any atom is -0.378 e. The first-order valence-corrected chi connectivity index (χ1v) is 5.79. The number of rotatable bonds is 4. The number of nitrogens with zero attached hydrogens (tertiary/aromatic N) is 2. The van der Waals surface area contributed by atoms with Crippen LogP contribution in [0.2, 0.25) is 0 Å². The lowest BCUT2D eigenvalue weighted by Crippen LogP contribution is -2.35. The van der Waals surface area contributed by atoms with Crippen molar-refractivity contribution in [3.8, 4) is 0 Å². The Labute approximate surface area is 101 Å². The molecule has 1 saturated heterocycles. The highest BCUT2D eigenvalue weighted by Crippen LogP contribution is 2.17. The van der Waals surface area contributed by atoms with E-state index in [1.54, 1.807) is 7.11 Å². The predicted octanol–water partition coefficient (Wildman–Crippen LogP) is 0.698. The van der Waals surface area contributed by atoms with Crippen molar-refractivity contribution in [3.63, 3.8) is 0 Å². The normalized spacial score (nSPS) is 21.7. The Morgan fingerprint density at radius 3 is 3.00 bits per heavy atom. The second kappa shape index (κ2) is 5.12. The number of hydrogen-bond acceptors (Lipinski definition) is 6.